The highest BCUT2D eigenvalue weighted by Crippen LogP contribution is 2.09. The van der Waals surface area contributed by atoms with Gasteiger partial charge in [-0.25, -0.2) is 4.79 Å². The van der Waals surface area contributed by atoms with E-state index in [1.165, 1.54) is 0 Å². The van der Waals surface area contributed by atoms with Crippen molar-refractivity contribution in [3.8, 4) is 0 Å². The normalized spacial score (nSPS) is 12.3. The predicted molar refractivity (Wildman–Crippen MR) is 130 cm³/mol. The number of nitrogens with one attached hydrogen (secondary N) is 2. The summed E-state index contributed by atoms with van der Waals surface area (Å²) in [6.07, 6.45) is -0.177. The predicted octanol–water partition coefficient (Wildman–Crippen LogP) is 3.71. The molecule has 7 heteroatoms. The lowest BCUT2D eigenvalue weighted by atomic mass is 10.0. The standard InChI is InChI=1S/C26H26N2O4S/c29-24(27-23(25(30)33)17-20-12-6-2-7-13-20)22(16-19-10-4-1-5-11-19)28-26(31)32-18-21-14-8-3-9-15-21/h1-15,22-23H,16-18H2,(H,27,29)(H,28,31)(H,30,33)/t22-,23-/m0/s1. The molecule has 0 aromatic heterocycles. The van der Waals surface area contributed by atoms with Gasteiger partial charge in [-0.3, -0.25) is 9.59 Å². The number of rotatable bonds is 10. The molecule has 0 fully saturated rings. The van der Waals surface area contributed by atoms with E-state index in [0.29, 0.717) is 6.42 Å². The molecule has 3 aromatic rings. The first kappa shape index (κ1) is 24.1. The molecule has 3 aromatic carbocycles. The van der Waals surface area contributed by atoms with Gasteiger partial charge in [0.25, 0.3) is 0 Å². The van der Waals surface area contributed by atoms with E-state index in [1.807, 2.05) is 91.0 Å². The smallest absolute Gasteiger partial charge is 0.408 e. The number of amides is 2. The van der Waals surface area contributed by atoms with Crippen molar-refractivity contribution >= 4 is 29.7 Å². The molecule has 0 bridgehead atoms. The van der Waals surface area contributed by atoms with Crippen LogP contribution in [0.3, 0.4) is 0 Å². The van der Waals surface area contributed by atoms with Crippen molar-refractivity contribution in [2.75, 3.05) is 0 Å². The van der Waals surface area contributed by atoms with E-state index in [4.69, 9.17) is 4.74 Å². The van der Waals surface area contributed by atoms with Crippen molar-refractivity contribution in [2.24, 2.45) is 0 Å². The van der Waals surface area contributed by atoms with Gasteiger partial charge in [-0.2, -0.15) is 0 Å². The number of carbonyl (C=O) groups is 3. The minimum atomic E-state index is -0.929. The molecule has 0 radical (unpaired) electrons. The van der Waals surface area contributed by atoms with Crippen molar-refractivity contribution in [1.82, 2.24) is 10.6 Å². The summed E-state index contributed by atoms with van der Waals surface area (Å²) in [5.41, 5.74) is 2.58. The molecule has 2 atom stereocenters. The van der Waals surface area contributed by atoms with Gasteiger partial charge in [-0.1, -0.05) is 91.0 Å². The zero-order valence-electron chi connectivity index (χ0n) is 18.0. The lowest BCUT2D eigenvalue weighted by Crippen LogP contribution is -2.52. The summed E-state index contributed by atoms with van der Waals surface area (Å²) in [5.74, 6) is -0.487. The average molecular weight is 463 g/mol. The van der Waals surface area contributed by atoms with Crippen LogP contribution in [-0.4, -0.2) is 29.2 Å². The summed E-state index contributed by atoms with van der Waals surface area (Å²) >= 11 is 3.94. The van der Waals surface area contributed by atoms with E-state index in [1.54, 1.807) is 0 Å². The summed E-state index contributed by atoms with van der Waals surface area (Å²) in [7, 11) is 0. The van der Waals surface area contributed by atoms with Gasteiger partial charge < -0.3 is 15.4 Å². The molecule has 3 rings (SSSR count). The number of hydrogen-bond acceptors (Lipinski definition) is 4. The third-order valence-electron chi connectivity index (χ3n) is 5.00. The maximum atomic E-state index is 13.1. The molecular weight excluding hydrogens is 436 g/mol. The Hall–Kier alpha value is -3.58. The quantitative estimate of drug-likeness (QED) is 0.401. The fraction of sp³-hybridized carbons (Fsp3) is 0.192. The van der Waals surface area contributed by atoms with Crippen LogP contribution in [0, 0.1) is 0 Å². The van der Waals surface area contributed by atoms with Gasteiger partial charge in [-0.15, -0.1) is 12.6 Å². The lowest BCUT2D eigenvalue weighted by Gasteiger charge is -2.22. The Kier molecular flexibility index (Phi) is 9.08. The van der Waals surface area contributed by atoms with Crippen molar-refractivity contribution in [3.05, 3.63) is 108 Å². The second-order valence-electron chi connectivity index (χ2n) is 7.54. The number of alkyl carbamates (subject to hydrolysis) is 1. The molecule has 0 saturated carbocycles. The Morgan fingerprint density at radius 1 is 0.667 bits per heavy atom. The number of carbonyl (C=O) groups excluding carboxylic acids is 3. The van der Waals surface area contributed by atoms with Crippen molar-refractivity contribution < 1.29 is 19.1 Å². The highest BCUT2D eigenvalue weighted by atomic mass is 32.1. The van der Waals surface area contributed by atoms with Crippen LogP contribution in [0.25, 0.3) is 0 Å². The third kappa shape index (κ3) is 8.12. The molecule has 0 aliphatic heterocycles. The maximum absolute atomic E-state index is 13.1. The molecule has 0 heterocycles. The van der Waals surface area contributed by atoms with E-state index >= 15 is 0 Å². The molecule has 2 N–H and O–H groups in total. The molecule has 0 spiro atoms. The Balaban J connectivity index is 1.68. The topological polar surface area (TPSA) is 84.5 Å². The monoisotopic (exact) mass is 462 g/mol. The van der Waals surface area contributed by atoms with E-state index < -0.39 is 29.2 Å². The van der Waals surface area contributed by atoms with Crippen molar-refractivity contribution in [3.63, 3.8) is 0 Å². The Bertz CT molecular complexity index is 1050. The summed E-state index contributed by atoms with van der Waals surface area (Å²) in [5, 5.41) is 4.90. The van der Waals surface area contributed by atoms with Crippen molar-refractivity contribution in [2.45, 2.75) is 31.5 Å². The van der Waals surface area contributed by atoms with Crippen LogP contribution in [0.2, 0.25) is 0 Å². The first-order valence-electron chi connectivity index (χ1n) is 10.6. The first-order valence-corrected chi connectivity index (χ1v) is 11.0. The molecular formula is C26H26N2O4S. The van der Waals surface area contributed by atoms with Crippen LogP contribution in [0.4, 0.5) is 4.79 Å². The van der Waals surface area contributed by atoms with Crippen LogP contribution in [0.15, 0.2) is 91.0 Å². The number of thiol groups is 1. The summed E-state index contributed by atoms with van der Waals surface area (Å²) in [6.45, 7) is 0.0815. The molecule has 0 aliphatic carbocycles. The van der Waals surface area contributed by atoms with Gasteiger partial charge in [0.05, 0.1) is 0 Å². The van der Waals surface area contributed by atoms with E-state index in [2.05, 4.69) is 23.3 Å². The highest BCUT2D eigenvalue weighted by molar-refractivity contribution is 7.96. The second-order valence-corrected chi connectivity index (χ2v) is 7.98. The summed E-state index contributed by atoms with van der Waals surface area (Å²) < 4.78 is 5.28. The Labute approximate surface area is 198 Å². The number of benzene rings is 3. The summed E-state index contributed by atoms with van der Waals surface area (Å²) in [6, 6.07) is 26.1. The Morgan fingerprint density at radius 2 is 1.12 bits per heavy atom. The van der Waals surface area contributed by atoms with E-state index in [0.717, 1.165) is 16.7 Å². The highest BCUT2D eigenvalue weighted by Gasteiger charge is 2.26. The zero-order valence-corrected chi connectivity index (χ0v) is 18.9. The molecule has 6 nitrogen and oxygen atoms in total. The molecule has 170 valence electrons. The fourth-order valence-corrected chi connectivity index (χ4v) is 3.44. The molecule has 33 heavy (non-hydrogen) atoms. The minimum Gasteiger partial charge on any atom is -0.445 e. The van der Waals surface area contributed by atoms with Crippen LogP contribution in [0.1, 0.15) is 16.7 Å². The van der Waals surface area contributed by atoms with Crippen LogP contribution in [-0.2, 0) is 33.8 Å². The molecule has 2 amide bonds. The van der Waals surface area contributed by atoms with E-state index in [-0.39, 0.29) is 13.0 Å². The first-order chi connectivity index (χ1) is 16.0. The summed E-state index contributed by atoms with van der Waals surface area (Å²) in [4.78, 5) is 37.6. The average Bonchev–Trinajstić information content (AvgIpc) is 2.84. The molecule has 0 unspecified atom stereocenters. The third-order valence-corrected chi connectivity index (χ3v) is 5.31. The molecule has 0 saturated heterocycles. The van der Waals surface area contributed by atoms with Gasteiger partial charge in [0.1, 0.15) is 18.7 Å². The van der Waals surface area contributed by atoms with Gasteiger partial charge in [0.15, 0.2) is 0 Å². The van der Waals surface area contributed by atoms with Gasteiger partial charge in [0, 0.05) is 12.8 Å². The van der Waals surface area contributed by atoms with Gasteiger partial charge >= 0.3 is 6.09 Å². The molecule has 0 aliphatic rings. The van der Waals surface area contributed by atoms with Gasteiger partial charge in [-0.05, 0) is 16.7 Å². The lowest BCUT2D eigenvalue weighted by molar-refractivity contribution is -0.126. The number of hydrogen-bond donors (Lipinski definition) is 3. The Morgan fingerprint density at radius 3 is 1.61 bits per heavy atom. The largest absolute Gasteiger partial charge is 0.445 e. The van der Waals surface area contributed by atoms with Crippen LogP contribution >= 0.6 is 12.6 Å². The van der Waals surface area contributed by atoms with Crippen molar-refractivity contribution in [1.29, 1.82) is 0 Å². The fourth-order valence-electron chi connectivity index (χ4n) is 3.29. The minimum absolute atomic E-state index is 0.0815. The second kappa shape index (κ2) is 12.5. The van der Waals surface area contributed by atoms with E-state index in [9.17, 15) is 14.4 Å². The SMILES string of the molecule is O=C(N[C@@H](Cc1ccccc1)C(=O)N[C@@H](Cc1ccccc1)C(=O)S)OCc1ccccc1. The number of ether oxygens (including phenoxy) is 1. The van der Waals surface area contributed by atoms with Crippen LogP contribution in [0.5, 0.6) is 0 Å². The zero-order chi connectivity index (χ0) is 23.5. The maximum Gasteiger partial charge on any atom is 0.408 e. The van der Waals surface area contributed by atoms with Gasteiger partial charge in [0.2, 0.25) is 11.0 Å². The van der Waals surface area contributed by atoms with Crippen LogP contribution < -0.4 is 10.6 Å².